The van der Waals surface area contributed by atoms with Gasteiger partial charge in [0.05, 0.1) is 12.6 Å². The number of amides is 2. The summed E-state index contributed by atoms with van der Waals surface area (Å²) in [6.45, 7) is 7.96. The molecular formula is C25H34N2O4S. The molecule has 6 nitrogen and oxygen atoms in total. The van der Waals surface area contributed by atoms with Crippen molar-refractivity contribution in [1.29, 1.82) is 0 Å². The molecule has 1 aliphatic rings. The summed E-state index contributed by atoms with van der Waals surface area (Å²) in [6.07, 6.45) is 1.54. The molecule has 1 atom stereocenters. The lowest BCUT2D eigenvalue weighted by atomic mass is 10.00. The maximum absolute atomic E-state index is 13.4. The van der Waals surface area contributed by atoms with Crippen LogP contribution in [0.3, 0.4) is 0 Å². The molecule has 2 amide bonds. The van der Waals surface area contributed by atoms with Crippen molar-refractivity contribution in [2.24, 2.45) is 5.92 Å². The topological polar surface area (TPSA) is 59.1 Å². The Morgan fingerprint density at radius 2 is 1.97 bits per heavy atom. The van der Waals surface area contributed by atoms with E-state index in [1.54, 1.807) is 23.3 Å². The van der Waals surface area contributed by atoms with Gasteiger partial charge in [0.1, 0.15) is 12.4 Å². The third-order valence-corrected chi connectivity index (χ3v) is 6.75. The first-order valence-corrected chi connectivity index (χ1v) is 12.1. The third-order valence-electron chi connectivity index (χ3n) is 5.75. The highest BCUT2D eigenvalue weighted by molar-refractivity contribution is 7.10. The Hall–Kier alpha value is -2.38. The highest BCUT2D eigenvalue weighted by Crippen LogP contribution is 2.34. The smallest absolute Gasteiger partial charge is 0.242 e. The molecule has 0 aliphatic carbocycles. The lowest BCUT2D eigenvalue weighted by molar-refractivity contribution is -0.144. The fraction of sp³-hybridized carbons (Fsp3) is 0.520. The van der Waals surface area contributed by atoms with Crippen molar-refractivity contribution in [2.45, 2.75) is 39.7 Å². The first-order chi connectivity index (χ1) is 15.4. The number of carbonyl (C=O) groups is 2. The second kappa shape index (κ2) is 11.5. The molecule has 1 aromatic carbocycles. The van der Waals surface area contributed by atoms with Gasteiger partial charge in [-0.25, -0.2) is 0 Å². The van der Waals surface area contributed by atoms with E-state index in [1.165, 1.54) is 10.4 Å². The second-order valence-corrected chi connectivity index (χ2v) is 9.54. The van der Waals surface area contributed by atoms with Crippen LogP contribution in [0, 0.1) is 12.8 Å². The van der Waals surface area contributed by atoms with Crippen molar-refractivity contribution in [2.75, 3.05) is 40.0 Å². The molecule has 174 valence electrons. The summed E-state index contributed by atoms with van der Waals surface area (Å²) in [4.78, 5) is 31.0. The number of thiophene rings is 1. The largest absolute Gasteiger partial charge is 0.491 e. The Bertz CT molecular complexity index is 894. The molecule has 2 heterocycles. The summed E-state index contributed by atoms with van der Waals surface area (Å²) < 4.78 is 11.2. The number of fused-ring (bicyclic) bond motifs is 1. The molecule has 0 saturated carbocycles. The van der Waals surface area contributed by atoms with E-state index < -0.39 is 0 Å². The quantitative estimate of drug-likeness (QED) is 0.504. The molecular weight excluding hydrogens is 424 g/mol. The Kier molecular flexibility index (Phi) is 8.70. The minimum absolute atomic E-state index is 0.00450. The Morgan fingerprint density at radius 3 is 2.66 bits per heavy atom. The fourth-order valence-electron chi connectivity index (χ4n) is 3.97. The number of ether oxygens (including phenoxy) is 2. The van der Waals surface area contributed by atoms with Gasteiger partial charge in [-0.3, -0.25) is 9.59 Å². The number of aryl methyl sites for hydroxylation is 1. The van der Waals surface area contributed by atoms with Crippen LogP contribution in [0.1, 0.15) is 42.3 Å². The highest BCUT2D eigenvalue weighted by Gasteiger charge is 2.33. The first-order valence-electron chi connectivity index (χ1n) is 11.2. The van der Waals surface area contributed by atoms with Crippen LogP contribution in [0.2, 0.25) is 0 Å². The molecule has 32 heavy (non-hydrogen) atoms. The van der Waals surface area contributed by atoms with E-state index in [9.17, 15) is 9.59 Å². The van der Waals surface area contributed by atoms with E-state index in [0.717, 1.165) is 17.7 Å². The molecule has 0 spiro atoms. The highest BCUT2D eigenvalue weighted by atomic mass is 32.1. The van der Waals surface area contributed by atoms with Gasteiger partial charge in [-0.05, 0) is 48.9 Å². The van der Waals surface area contributed by atoms with Gasteiger partial charge in [0.25, 0.3) is 0 Å². The third kappa shape index (κ3) is 6.11. The minimum Gasteiger partial charge on any atom is -0.491 e. The van der Waals surface area contributed by atoms with E-state index in [4.69, 9.17) is 9.47 Å². The predicted molar refractivity (Wildman–Crippen MR) is 127 cm³/mol. The molecule has 0 N–H and O–H groups in total. The Morgan fingerprint density at radius 1 is 1.22 bits per heavy atom. The number of benzene rings is 1. The van der Waals surface area contributed by atoms with Crippen molar-refractivity contribution < 1.29 is 19.1 Å². The van der Waals surface area contributed by atoms with E-state index in [1.807, 2.05) is 49.9 Å². The van der Waals surface area contributed by atoms with E-state index in [2.05, 4.69) is 11.4 Å². The second-order valence-electron chi connectivity index (χ2n) is 8.54. The van der Waals surface area contributed by atoms with Crippen LogP contribution in [0.25, 0.3) is 0 Å². The van der Waals surface area contributed by atoms with Gasteiger partial charge in [-0.1, -0.05) is 31.5 Å². The van der Waals surface area contributed by atoms with Crippen molar-refractivity contribution in [3.05, 3.63) is 51.7 Å². The lowest BCUT2D eigenvalue weighted by Crippen LogP contribution is -2.48. The number of rotatable bonds is 10. The lowest BCUT2D eigenvalue weighted by Gasteiger charge is -2.37. The minimum atomic E-state index is -0.159. The van der Waals surface area contributed by atoms with Crippen LogP contribution in [0.15, 0.2) is 35.7 Å². The normalized spacial score (nSPS) is 15.5. The van der Waals surface area contributed by atoms with Crippen LogP contribution < -0.4 is 4.74 Å². The van der Waals surface area contributed by atoms with Gasteiger partial charge in [0.15, 0.2) is 0 Å². The monoisotopic (exact) mass is 458 g/mol. The van der Waals surface area contributed by atoms with Gasteiger partial charge < -0.3 is 19.3 Å². The maximum atomic E-state index is 13.4. The molecule has 3 rings (SSSR count). The summed E-state index contributed by atoms with van der Waals surface area (Å²) >= 11 is 1.73. The van der Waals surface area contributed by atoms with E-state index in [-0.39, 0.29) is 30.3 Å². The Balaban J connectivity index is 1.74. The van der Waals surface area contributed by atoms with Crippen molar-refractivity contribution in [3.8, 4) is 5.75 Å². The number of hydrogen-bond donors (Lipinski definition) is 0. The van der Waals surface area contributed by atoms with Crippen LogP contribution >= 0.6 is 11.3 Å². The zero-order chi connectivity index (χ0) is 23.1. The van der Waals surface area contributed by atoms with Gasteiger partial charge in [-0.15, -0.1) is 11.3 Å². The average molecular weight is 459 g/mol. The standard InChI is InChI=1S/C25H34N2O4S/c1-18(2)25(29)26(12-5-14-30-4)16-24(28)27-13-10-23-21(11-15-32-23)22(27)17-31-20-8-6-19(3)7-9-20/h6-9,11,15,18,22H,5,10,12-14,16-17H2,1-4H3/t22-/m1/s1. The van der Waals surface area contributed by atoms with E-state index in [0.29, 0.717) is 32.7 Å². The first kappa shape index (κ1) is 24.3. The van der Waals surface area contributed by atoms with Crippen LogP contribution in [0.5, 0.6) is 5.75 Å². The maximum Gasteiger partial charge on any atom is 0.242 e. The summed E-state index contributed by atoms with van der Waals surface area (Å²) in [5.41, 5.74) is 2.33. The molecule has 0 saturated heterocycles. The van der Waals surface area contributed by atoms with Crippen molar-refractivity contribution >= 4 is 23.2 Å². The fourth-order valence-corrected chi connectivity index (χ4v) is 4.90. The van der Waals surface area contributed by atoms with E-state index >= 15 is 0 Å². The van der Waals surface area contributed by atoms with Crippen molar-refractivity contribution in [1.82, 2.24) is 9.80 Å². The van der Waals surface area contributed by atoms with Gasteiger partial charge in [-0.2, -0.15) is 0 Å². The molecule has 7 heteroatoms. The molecule has 1 aromatic heterocycles. The molecule has 0 fully saturated rings. The number of nitrogens with zero attached hydrogens (tertiary/aromatic N) is 2. The molecule has 0 radical (unpaired) electrons. The molecule has 2 aromatic rings. The molecule has 1 aliphatic heterocycles. The summed E-state index contributed by atoms with van der Waals surface area (Å²) in [6, 6.07) is 9.89. The molecule has 0 bridgehead atoms. The number of carbonyl (C=O) groups excluding carboxylic acids is 2. The van der Waals surface area contributed by atoms with Gasteiger partial charge >= 0.3 is 0 Å². The SMILES string of the molecule is COCCCN(CC(=O)N1CCc2sccc2[C@H]1COc1ccc(C)cc1)C(=O)C(C)C. The summed E-state index contributed by atoms with van der Waals surface area (Å²) in [5, 5.41) is 2.08. The van der Waals surface area contributed by atoms with Crippen molar-refractivity contribution in [3.63, 3.8) is 0 Å². The predicted octanol–water partition coefficient (Wildman–Crippen LogP) is 4.08. The zero-order valence-corrected chi connectivity index (χ0v) is 20.3. The number of hydrogen-bond acceptors (Lipinski definition) is 5. The summed E-state index contributed by atoms with van der Waals surface area (Å²) in [7, 11) is 1.64. The average Bonchev–Trinajstić information content (AvgIpc) is 3.26. The van der Waals surface area contributed by atoms with Gasteiger partial charge in [0, 0.05) is 37.6 Å². The zero-order valence-electron chi connectivity index (χ0n) is 19.5. The van der Waals surface area contributed by atoms with Crippen LogP contribution in [-0.2, 0) is 20.7 Å². The summed E-state index contributed by atoms with van der Waals surface area (Å²) in [5.74, 6) is 0.596. The van der Waals surface area contributed by atoms with Gasteiger partial charge in [0.2, 0.25) is 11.8 Å². The number of methoxy groups -OCH3 is 1. The molecule has 0 unspecified atom stereocenters. The Labute approximate surface area is 195 Å². The van der Waals surface area contributed by atoms with Crippen LogP contribution in [-0.4, -0.2) is 61.6 Å². The van der Waals surface area contributed by atoms with Crippen LogP contribution in [0.4, 0.5) is 0 Å².